The van der Waals surface area contributed by atoms with Crippen LogP contribution in [-0.4, -0.2) is 9.91 Å². The fraction of sp³-hybridized carbons (Fsp3) is 0.222. The normalized spacial score (nSPS) is 10.9. The highest BCUT2D eigenvalue weighted by molar-refractivity contribution is 6.35. The first-order chi connectivity index (χ1) is 7.54. The minimum atomic E-state index is -1.02. The number of halogens is 2. The van der Waals surface area contributed by atoms with Crippen molar-refractivity contribution in [3.8, 4) is 0 Å². The molecule has 0 spiro atoms. The van der Waals surface area contributed by atoms with Gasteiger partial charge in [-0.05, 0) is 0 Å². The molecule has 2 rings (SSSR count). The summed E-state index contributed by atoms with van der Waals surface area (Å²) >= 11 is 5.71. The number of nitrogens with zero attached hydrogens (tertiary/aromatic N) is 2. The molecular weight excluding hydrogens is 239 g/mol. The van der Waals surface area contributed by atoms with Gasteiger partial charge in [-0.2, -0.15) is 4.39 Å². The first-order valence-electron chi connectivity index (χ1n) is 4.46. The third kappa shape index (κ3) is 1.51. The van der Waals surface area contributed by atoms with E-state index in [-0.39, 0.29) is 22.0 Å². The lowest BCUT2D eigenvalue weighted by atomic mass is 10.2. The Hall–Kier alpha value is -1.69. The van der Waals surface area contributed by atoms with Crippen LogP contribution in [0.3, 0.4) is 0 Å². The van der Waals surface area contributed by atoms with Crippen LogP contribution in [0.15, 0.2) is 10.5 Å². The van der Waals surface area contributed by atoms with Gasteiger partial charge in [-0.25, -0.2) is 4.98 Å². The molecule has 0 unspecified atom stereocenters. The first-order valence-corrected chi connectivity index (χ1v) is 4.84. The minimum absolute atomic E-state index is 0.0229. The lowest BCUT2D eigenvalue weighted by molar-refractivity contribution is -0.385. The van der Waals surface area contributed by atoms with Crippen molar-refractivity contribution in [1.82, 2.24) is 4.98 Å². The monoisotopic (exact) mass is 244 g/mol. The Balaban J connectivity index is 2.88. The molecule has 1 aromatic carbocycles. The Morgan fingerprint density at radius 3 is 2.94 bits per heavy atom. The van der Waals surface area contributed by atoms with Crippen molar-refractivity contribution in [3.63, 3.8) is 0 Å². The van der Waals surface area contributed by atoms with Gasteiger partial charge >= 0.3 is 5.69 Å². The average Bonchev–Trinajstić information content (AvgIpc) is 2.61. The maximum Gasteiger partial charge on any atom is 0.334 e. The molecule has 0 aliphatic rings. The third-order valence-electron chi connectivity index (χ3n) is 2.08. The Labute approximate surface area is 94.0 Å². The molecule has 0 radical (unpaired) electrons. The second-order valence-corrected chi connectivity index (χ2v) is 3.49. The van der Waals surface area contributed by atoms with Gasteiger partial charge in [0.15, 0.2) is 17.0 Å². The number of aromatic nitrogens is 1. The zero-order valence-electron chi connectivity index (χ0n) is 8.16. The van der Waals surface area contributed by atoms with Crippen molar-refractivity contribution in [1.29, 1.82) is 0 Å². The van der Waals surface area contributed by atoms with Gasteiger partial charge in [0.2, 0.25) is 5.82 Å². The standard InChI is InChI=1S/C9H6ClFN2O3/c1-2-6-12-7-8(13(14)15)5(11)3-4(10)9(7)16-6/h3H,2H2,1H3. The maximum atomic E-state index is 13.3. The molecule has 84 valence electrons. The Bertz CT molecular complexity index is 582. The molecule has 0 saturated carbocycles. The van der Waals surface area contributed by atoms with Gasteiger partial charge in [-0.3, -0.25) is 10.1 Å². The highest BCUT2D eigenvalue weighted by Crippen LogP contribution is 2.34. The largest absolute Gasteiger partial charge is 0.439 e. The summed E-state index contributed by atoms with van der Waals surface area (Å²) in [6.45, 7) is 1.76. The second kappa shape index (κ2) is 3.71. The summed E-state index contributed by atoms with van der Waals surface area (Å²) in [5, 5.41) is 10.7. The smallest absolute Gasteiger partial charge is 0.334 e. The molecule has 7 heteroatoms. The van der Waals surface area contributed by atoms with Crippen LogP contribution >= 0.6 is 11.6 Å². The van der Waals surface area contributed by atoms with Gasteiger partial charge in [-0.15, -0.1) is 0 Å². The van der Waals surface area contributed by atoms with Crippen molar-refractivity contribution in [3.05, 3.63) is 32.9 Å². The van der Waals surface area contributed by atoms with Gasteiger partial charge in [0.05, 0.1) is 9.95 Å². The topological polar surface area (TPSA) is 69.2 Å². The predicted molar refractivity (Wildman–Crippen MR) is 55.0 cm³/mol. The van der Waals surface area contributed by atoms with Crippen LogP contribution in [0.2, 0.25) is 5.02 Å². The Kier molecular flexibility index (Phi) is 2.51. The van der Waals surface area contributed by atoms with Crippen LogP contribution in [0.5, 0.6) is 0 Å². The number of hydrogen-bond donors (Lipinski definition) is 0. The second-order valence-electron chi connectivity index (χ2n) is 3.08. The summed E-state index contributed by atoms with van der Waals surface area (Å²) in [5.74, 6) is -0.732. The SMILES string of the molecule is CCc1nc2c([N+](=O)[O-])c(F)cc(Cl)c2o1. The van der Waals surface area contributed by atoms with E-state index >= 15 is 0 Å². The number of rotatable bonds is 2. The van der Waals surface area contributed by atoms with Gasteiger partial charge in [0, 0.05) is 12.5 Å². The highest BCUT2D eigenvalue weighted by Gasteiger charge is 2.25. The van der Waals surface area contributed by atoms with Gasteiger partial charge in [-0.1, -0.05) is 18.5 Å². The first kappa shape index (κ1) is 10.8. The van der Waals surface area contributed by atoms with E-state index in [2.05, 4.69) is 4.98 Å². The summed E-state index contributed by atoms with van der Waals surface area (Å²) in [7, 11) is 0. The zero-order chi connectivity index (χ0) is 11.9. The Morgan fingerprint density at radius 1 is 1.69 bits per heavy atom. The van der Waals surface area contributed by atoms with E-state index in [1.807, 2.05) is 0 Å². The fourth-order valence-electron chi connectivity index (χ4n) is 1.37. The molecule has 1 aromatic heterocycles. The number of nitro groups is 1. The van der Waals surface area contributed by atoms with Crippen molar-refractivity contribution < 1.29 is 13.7 Å². The van der Waals surface area contributed by atoms with E-state index in [1.165, 1.54) is 0 Å². The molecule has 0 fully saturated rings. The van der Waals surface area contributed by atoms with E-state index in [0.717, 1.165) is 6.07 Å². The zero-order valence-corrected chi connectivity index (χ0v) is 8.92. The molecule has 2 aromatic rings. The number of oxazole rings is 1. The van der Waals surface area contributed by atoms with E-state index in [0.29, 0.717) is 6.42 Å². The molecule has 0 amide bonds. The summed E-state index contributed by atoms with van der Waals surface area (Å²) in [6, 6.07) is 0.854. The molecule has 0 aliphatic heterocycles. The van der Waals surface area contributed by atoms with E-state index in [9.17, 15) is 14.5 Å². The van der Waals surface area contributed by atoms with E-state index in [4.69, 9.17) is 16.0 Å². The third-order valence-corrected chi connectivity index (χ3v) is 2.36. The van der Waals surface area contributed by atoms with Gasteiger partial charge < -0.3 is 4.42 Å². The minimum Gasteiger partial charge on any atom is -0.439 e. The molecule has 1 heterocycles. The quantitative estimate of drug-likeness (QED) is 0.601. The predicted octanol–water partition coefficient (Wildman–Crippen LogP) is 3.09. The van der Waals surface area contributed by atoms with Gasteiger partial charge in [0.1, 0.15) is 0 Å². The summed E-state index contributed by atoms with van der Waals surface area (Å²) in [6.07, 6.45) is 0.448. The average molecular weight is 245 g/mol. The molecule has 0 N–H and O–H groups in total. The lowest BCUT2D eigenvalue weighted by Crippen LogP contribution is -1.94. The summed E-state index contributed by atoms with van der Waals surface area (Å²) in [5.41, 5.74) is -0.804. The van der Waals surface area contributed by atoms with Crippen LogP contribution in [0.1, 0.15) is 12.8 Å². The van der Waals surface area contributed by atoms with Crippen LogP contribution in [0.4, 0.5) is 10.1 Å². The molecule has 0 atom stereocenters. The van der Waals surface area contributed by atoms with Gasteiger partial charge in [0.25, 0.3) is 0 Å². The lowest BCUT2D eigenvalue weighted by Gasteiger charge is -1.95. The van der Waals surface area contributed by atoms with E-state index < -0.39 is 16.4 Å². The summed E-state index contributed by atoms with van der Waals surface area (Å²) in [4.78, 5) is 13.7. The number of fused-ring (bicyclic) bond motifs is 1. The number of aryl methyl sites for hydroxylation is 1. The van der Waals surface area contributed by atoms with Crippen LogP contribution < -0.4 is 0 Å². The molecule has 0 bridgehead atoms. The fourth-order valence-corrected chi connectivity index (χ4v) is 1.59. The molecule has 5 nitrogen and oxygen atoms in total. The molecule has 0 saturated heterocycles. The molecular formula is C9H6ClFN2O3. The highest BCUT2D eigenvalue weighted by atomic mass is 35.5. The van der Waals surface area contributed by atoms with E-state index in [1.54, 1.807) is 6.92 Å². The van der Waals surface area contributed by atoms with Crippen molar-refractivity contribution in [2.75, 3.05) is 0 Å². The Morgan fingerprint density at radius 2 is 2.38 bits per heavy atom. The number of hydrogen-bond acceptors (Lipinski definition) is 4. The van der Waals surface area contributed by atoms with Crippen LogP contribution in [-0.2, 0) is 6.42 Å². The summed E-state index contributed by atoms with van der Waals surface area (Å²) < 4.78 is 18.5. The number of nitro benzene ring substituents is 1. The van der Waals surface area contributed by atoms with Crippen molar-refractivity contribution in [2.45, 2.75) is 13.3 Å². The number of benzene rings is 1. The molecule has 0 aliphatic carbocycles. The molecule has 16 heavy (non-hydrogen) atoms. The van der Waals surface area contributed by atoms with Crippen molar-refractivity contribution in [2.24, 2.45) is 0 Å². The maximum absolute atomic E-state index is 13.3. The van der Waals surface area contributed by atoms with Crippen LogP contribution in [0.25, 0.3) is 11.1 Å². The van der Waals surface area contributed by atoms with Crippen molar-refractivity contribution >= 4 is 28.4 Å². The van der Waals surface area contributed by atoms with Crippen LogP contribution in [0, 0.1) is 15.9 Å².